The Balaban J connectivity index is 1.85. The van der Waals surface area contributed by atoms with E-state index in [0.29, 0.717) is 18.4 Å². The van der Waals surface area contributed by atoms with Crippen LogP contribution >= 0.6 is 0 Å². The van der Waals surface area contributed by atoms with Crippen molar-refractivity contribution < 1.29 is 9.53 Å². The molecule has 4 nitrogen and oxygen atoms in total. The second-order valence-corrected chi connectivity index (χ2v) is 6.51. The summed E-state index contributed by atoms with van der Waals surface area (Å²) in [6.07, 6.45) is 2.55. The summed E-state index contributed by atoms with van der Waals surface area (Å²) in [4.78, 5) is 14.3. The molecule has 1 fully saturated rings. The molecule has 1 aliphatic heterocycles. The molecule has 1 N–H and O–H groups in total. The van der Waals surface area contributed by atoms with Gasteiger partial charge < -0.3 is 15.0 Å². The van der Waals surface area contributed by atoms with E-state index in [0.717, 1.165) is 43.9 Å². The van der Waals surface area contributed by atoms with Gasteiger partial charge in [-0.25, -0.2) is 0 Å². The van der Waals surface area contributed by atoms with Crippen molar-refractivity contribution in [2.24, 2.45) is 5.92 Å². The van der Waals surface area contributed by atoms with Crippen molar-refractivity contribution in [3.05, 3.63) is 29.8 Å². The fourth-order valence-electron chi connectivity index (χ4n) is 2.66. The Morgan fingerprint density at radius 3 is 2.50 bits per heavy atom. The lowest BCUT2D eigenvalue weighted by Crippen LogP contribution is -2.44. The second-order valence-electron chi connectivity index (χ2n) is 6.51. The average Bonchev–Trinajstić information content (AvgIpc) is 2.54. The van der Waals surface area contributed by atoms with Gasteiger partial charge in [-0.3, -0.25) is 4.79 Å². The maximum atomic E-state index is 12.4. The van der Waals surface area contributed by atoms with E-state index in [2.05, 4.69) is 19.2 Å². The quantitative estimate of drug-likeness (QED) is 0.878. The smallest absolute Gasteiger partial charge is 0.226 e. The summed E-state index contributed by atoms with van der Waals surface area (Å²) in [6, 6.07) is 8.26. The lowest BCUT2D eigenvalue weighted by atomic mass is 10.0. The Hall–Kier alpha value is -1.55. The third kappa shape index (κ3) is 5.02. The first-order valence-corrected chi connectivity index (χ1v) is 8.24. The van der Waals surface area contributed by atoms with Gasteiger partial charge in [0.15, 0.2) is 0 Å². The Morgan fingerprint density at radius 1 is 1.27 bits per heavy atom. The number of benzene rings is 1. The Morgan fingerprint density at radius 2 is 1.91 bits per heavy atom. The van der Waals surface area contributed by atoms with E-state index in [9.17, 15) is 4.79 Å². The van der Waals surface area contributed by atoms with Gasteiger partial charge in [-0.15, -0.1) is 0 Å². The van der Waals surface area contributed by atoms with Gasteiger partial charge in [-0.05, 0) is 49.5 Å². The minimum atomic E-state index is 0.197. The molecule has 0 radical (unpaired) electrons. The van der Waals surface area contributed by atoms with Crippen molar-refractivity contribution in [3.63, 3.8) is 0 Å². The Bertz CT molecular complexity index is 464. The van der Waals surface area contributed by atoms with Gasteiger partial charge in [-0.1, -0.05) is 26.0 Å². The molecule has 0 bridgehead atoms. The van der Waals surface area contributed by atoms with Crippen LogP contribution in [0.5, 0.6) is 5.75 Å². The molecule has 0 saturated carbocycles. The molecule has 122 valence electrons. The molecule has 1 amide bonds. The molecule has 1 aromatic rings. The number of piperidine rings is 1. The highest BCUT2D eigenvalue weighted by molar-refractivity contribution is 5.78. The van der Waals surface area contributed by atoms with Crippen LogP contribution in [-0.4, -0.2) is 43.6 Å². The summed E-state index contributed by atoms with van der Waals surface area (Å²) in [6.45, 7) is 6.98. The largest absolute Gasteiger partial charge is 0.493 e. The Kier molecular flexibility index (Phi) is 6.25. The standard InChI is InChI=1S/C18H28N2O2/c1-14(2)13-22-17-6-4-15(5-7-17)12-18(21)20(3)16-8-10-19-11-9-16/h4-7,14,16,19H,8-13H2,1-3H3. The number of ether oxygens (including phenoxy) is 1. The highest BCUT2D eigenvalue weighted by atomic mass is 16.5. The van der Waals surface area contributed by atoms with Crippen molar-refractivity contribution >= 4 is 5.91 Å². The molecule has 0 spiro atoms. The predicted molar refractivity (Wildman–Crippen MR) is 89.1 cm³/mol. The van der Waals surface area contributed by atoms with Crippen molar-refractivity contribution in [1.82, 2.24) is 10.2 Å². The highest BCUT2D eigenvalue weighted by Gasteiger charge is 2.21. The number of nitrogens with zero attached hydrogens (tertiary/aromatic N) is 1. The van der Waals surface area contributed by atoms with Gasteiger partial charge >= 0.3 is 0 Å². The van der Waals surface area contributed by atoms with Crippen LogP contribution in [0.15, 0.2) is 24.3 Å². The van der Waals surface area contributed by atoms with E-state index in [-0.39, 0.29) is 5.91 Å². The van der Waals surface area contributed by atoms with Crippen LogP contribution in [-0.2, 0) is 11.2 Å². The fraction of sp³-hybridized carbons (Fsp3) is 0.611. The topological polar surface area (TPSA) is 41.6 Å². The molecule has 0 atom stereocenters. The fourth-order valence-corrected chi connectivity index (χ4v) is 2.66. The van der Waals surface area contributed by atoms with Gasteiger partial charge in [0.25, 0.3) is 0 Å². The van der Waals surface area contributed by atoms with E-state index in [1.807, 2.05) is 36.2 Å². The first-order chi connectivity index (χ1) is 10.6. The summed E-state index contributed by atoms with van der Waals surface area (Å²) in [5.41, 5.74) is 1.04. The van der Waals surface area contributed by atoms with Crippen molar-refractivity contribution in [1.29, 1.82) is 0 Å². The van der Waals surface area contributed by atoms with Crippen LogP contribution in [0.4, 0.5) is 0 Å². The zero-order valence-corrected chi connectivity index (χ0v) is 14.0. The Labute approximate surface area is 133 Å². The van der Waals surface area contributed by atoms with Gasteiger partial charge in [0.1, 0.15) is 5.75 Å². The van der Waals surface area contributed by atoms with Crippen LogP contribution in [0.3, 0.4) is 0 Å². The number of hydrogen-bond acceptors (Lipinski definition) is 3. The number of carbonyl (C=O) groups is 1. The molecule has 0 aliphatic carbocycles. The normalized spacial score (nSPS) is 15.8. The zero-order chi connectivity index (χ0) is 15.9. The molecular weight excluding hydrogens is 276 g/mol. The lowest BCUT2D eigenvalue weighted by Gasteiger charge is -2.31. The monoisotopic (exact) mass is 304 g/mol. The average molecular weight is 304 g/mol. The molecule has 1 aromatic carbocycles. The van der Waals surface area contributed by atoms with E-state index in [1.165, 1.54) is 0 Å². The molecule has 1 heterocycles. The number of nitrogens with one attached hydrogen (secondary N) is 1. The summed E-state index contributed by atoms with van der Waals surface area (Å²) >= 11 is 0. The highest BCUT2D eigenvalue weighted by Crippen LogP contribution is 2.16. The number of likely N-dealkylation sites (N-methyl/N-ethyl adjacent to an activating group) is 1. The zero-order valence-electron chi connectivity index (χ0n) is 14.0. The lowest BCUT2D eigenvalue weighted by molar-refractivity contribution is -0.131. The van der Waals surface area contributed by atoms with Crippen LogP contribution < -0.4 is 10.1 Å². The summed E-state index contributed by atoms with van der Waals surface area (Å²) in [5, 5.41) is 3.33. The van der Waals surface area contributed by atoms with Crippen molar-refractivity contribution in [3.8, 4) is 5.75 Å². The predicted octanol–water partition coefficient (Wildman–Crippen LogP) is 2.47. The molecule has 0 aromatic heterocycles. The molecule has 2 rings (SSSR count). The molecule has 1 saturated heterocycles. The number of amides is 1. The maximum absolute atomic E-state index is 12.4. The van der Waals surface area contributed by atoms with E-state index in [1.54, 1.807) is 0 Å². The second kappa shape index (κ2) is 8.18. The summed E-state index contributed by atoms with van der Waals surface area (Å²) < 4.78 is 5.67. The van der Waals surface area contributed by atoms with E-state index >= 15 is 0 Å². The van der Waals surface area contributed by atoms with E-state index < -0.39 is 0 Å². The van der Waals surface area contributed by atoms with Crippen LogP contribution in [0.2, 0.25) is 0 Å². The van der Waals surface area contributed by atoms with Crippen molar-refractivity contribution in [2.75, 3.05) is 26.7 Å². The first kappa shape index (κ1) is 16.8. The molecule has 1 aliphatic rings. The number of hydrogen-bond donors (Lipinski definition) is 1. The number of rotatable bonds is 6. The minimum Gasteiger partial charge on any atom is -0.493 e. The van der Waals surface area contributed by atoms with Crippen LogP contribution in [0.1, 0.15) is 32.3 Å². The van der Waals surface area contributed by atoms with Gasteiger partial charge in [0.2, 0.25) is 5.91 Å². The van der Waals surface area contributed by atoms with E-state index in [4.69, 9.17) is 4.74 Å². The van der Waals surface area contributed by atoms with Gasteiger partial charge in [0.05, 0.1) is 13.0 Å². The third-order valence-electron chi connectivity index (χ3n) is 4.11. The molecular formula is C18H28N2O2. The minimum absolute atomic E-state index is 0.197. The van der Waals surface area contributed by atoms with Crippen LogP contribution in [0, 0.1) is 5.92 Å². The SMILES string of the molecule is CC(C)COc1ccc(CC(=O)N(C)C2CCNCC2)cc1. The van der Waals surface area contributed by atoms with Crippen LogP contribution in [0.25, 0.3) is 0 Å². The van der Waals surface area contributed by atoms with Gasteiger partial charge in [0, 0.05) is 13.1 Å². The first-order valence-electron chi connectivity index (χ1n) is 8.24. The van der Waals surface area contributed by atoms with Crippen molar-refractivity contribution in [2.45, 2.75) is 39.2 Å². The molecule has 0 unspecified atom stereocenters. The third-order valence-corrected chi connectivity index (χ3v) is 4.11. The molecule has 22 heavy (non-hydrogen) atoms. The molecule has 4 heteroatoms. The van der Waals surface area contributed by atoms with Gasteiger partial charge in [-0.2, -0.15) is 0 Å². The summed E-state index contributed by atoms with van der Waals surface area (Å²) in [5.74, 6) is 1.58. The number of carbonyl (C=O) groups excluding carboxylic acids is 1. The maximum Gasteiger partial charge on any atom is 0.226 e. The summed E-state index contributed by atoms with van der Waals surface area (Å²) in [7, 11) is 1.93.